The van der Waals surface area contributed by atoms with Gasteiger partial charge in [0.05, 0.1) is 15.7 Å². The van der Waals surface area contributed by atoms with Crippen LogP contribution in [0, 0.1) is 6.92 Å². The van der Waals surface area contributed by atoms with Crippen LogP contribution < -0.4 is 0 Å². The third-order valence-electron chi connectivity index (χ3n) is 1.09. The van der Waals surface area contributed by atoms with Crippen LogP contribution in [0.1, 0.15) is 5.82 Å². The molecule has 0 spiro atoms. The summed E-state index contributed by atoms with van der Waals surface area (Å²) >= 11 is 0. The maximum atomic E-state index is 10.8. The molecule has 3 nitrogen and oxygen atoms in total. The van der Waals surface area contributed by atoms with Crippen LogP contribution in [0.2, 0.25) is 0 Å². The molecule has 0 aliphatic rings. The van der Waals surface area contributed by atoms with Crippen LogP contribution >= 0.6 is 0 Å². The van der Waals surface area contributed by atoms with Gasteiger partial charge in [-0.3, -0.25) is 4.21 Å². The van der Waals surface area contributed by atoms with Crippen LogP contribution in [0.3, 0.4) is 0 Å². The lowest BCUT2D eigenvalue weighted by Crippen LogP contribution is -1.92. The molecule has 1 heterocycles. The highest BCUT2D eigenvalue weighted by molar-refractivity contribution is 7.84. The van der Waals surface area contributed by atoms with E-state index in [2.05, 4.69) is 9.97 Å². The summed E-state index contributed by atoms with van der Waals surface area (Å²) in [7, 11) is -0.962. The lowest BCUT2D eigenvalue weighted by molar-refractivity contribution is 0.686. The molecule has 0 bridgehead atoms. The Morgan fingerprint density at radius 2 is 1.90 bits per heavy atom. The smallest absolute Gasteiger partial charge is 0.125 e. The molecule has 0 aliphatic carbocycles. The molecule has 0 radical (unpaired) electrons. The Kier molecular flexibility index (Phi) is 2.11. The van der Waals surface area contributed by atoms with Gasteiger partial charge in [0.1, 0.15) is 5.82 Å². The van der Waals surface area contributed by atoms with Gasteiger partial charge in [0.2, 0.25) is 0 Å². The van der Waals surface area contributed by atoms with Crippen LogP contribution in [0.25, 0.3) is 0 Å². The zero-order valence-electron chi connectivity index (χ0n) is 5.87. The first kappa shape index (κ1) is 7.34. The summed E-state index contributed by atoms with van der Waals surface area (Å²) in [6, 6.07) is 0. The van der Waals surface area contributed by atoms with Crippen LogP contribution in [0.4, 0.5) is 0 Å². The van der Waals surface area contributed by atoms with E-state index in [4.69, 9.17) is 0 Å². The zero-order valence-corrected chi connectivity index (χ0v) is 6.68. The maximum absolute atomic E-state index is 10.8. The Morgan fingerprint density at radius 1 is 1.40 bits per heavy atom. The van der Waals surface area contributed by atoms with E-state index < -0.39 is 10.8 Å². The third-order valence-corrected chi connectivity index (χ3v) is 1.96. The summed E-state index contributed by atoms with van der Waals surface area (Å²) in [5.41, 5.74) is 0. The summed E-state index contributed by atoms with van der Waals surface area (Å²) in [6.07, 6.45) is 4.77. The minimum Gasteiger partial charge on any atom is -0.255 e. The van der Waals surface area contributed by atoms with Gasteiger partial charge in [0.25, 0.3) is 0 Å². The molecule has 10 heavy (non-hydrogen) atoms. The van der Waals surface area contributed by atoms with Gasteiger partial charge >= 0.3 is 0 Å². The molecule has 0 aromatic carbocycles. The number of nitrogens with zero attached hydrogens (tertiary/aromatic N) is 2. The largest absolute Gasteiger partial charge is 0.255 e. The molecule has 0 amide bonds. The van der Waals surface area contributed by atoms with Crippen molar-refractivity contribution in [3.05, 3.63) is 18.2 Å². The van der Waals surface area contributed by atoms with Crippen LogP contribution in [-0.4, -0.2) is 20.4 Å². The molecule has 0 saturated carbocycles. The van der Waals surface area contributed by atoms with Crippen LogP contribution in [0.5, 0.6) is 0 Å². The van der Waals surface area contributed by atoms with E-state index in [-0.39, 0.29) is 0 Å². The van der Waals surface area contributed by atoms with E-state index >= 15 is 0 Å². The van der Waals surface area contributed by atoms with Gasteiger partial charge in [0, 0.05) is 18.6 Å². The van der Waals surface area contributed by atoms with E-state index in [1.54, 1.807) is 25.6 Å². The molecule has 1 rings (SSSR count). The summed E-state index contributed by atoms with van der Waals surface area (Å²) in [4.78, 5) is 8.46. The molecule has 0 aliphatic heterocycles. The molecule has 0 fully saturated rings. The first-order valence-electron chi connectivity index (χ1n) is 2.82. The van der Waals surface area contributed by atoms with Gasteiger partial charge in [-0.1, -0.05) is 0 Å². The highest BCUT2D eigenvalue weighted by atomic mass is 32.2. The van der Waals surface area contributed by atoms with Crippen molar-refractivity contribution in [1.29, 1.82) is 0 Å². The van der Waals surface area contributed by atoms with Crippen LogP contribution in [-0.2, 0) is 10.8 Å². The quantitative estimate of drug-likeness (QED) is 0.595. The topological polar surface area (TPSA) is 42.9 Å². The van der Waals surface area contributed by atoms with E-state index in [0.717, 1.165) is 0 Å². The van der Waals surface area contributed by atoms with Gasteiger partial charge in [0.15, 0.2) is 0 Å². The van der Waals surface area contributed by atoms with E-state index in [9.17, 15) is 4.21 Å². The molecule has 1 aromatic rings. The zero-order chi connectivity index (χ0) is 7.56. The van der Waals surface area contributed by atoms with Gasteiger partial charge in [-0.2, -0.15) is 0 Å². The lowest BCUT2D eigenvalue weighted by atomic mass is 10.6. The van der Waals surface area contributed by atoms with Crippen molar-refractivity contribution < 1.29 is 4.21 Å². The molecule has 0 N–H and O–H groups in total. The van der Waals surface area contributed by atoms with Crippen molar-refractivity contribution in [2.75, 3.05) is 6.26 Å². The molecular formula is C6H8N2OS. The van der Waals surface area contributed by atoms with Crippen molar-refractivity contribution in [2.24, 2.45) is 0 Å². The number of hydrogen-bond donors (Lipinski definition) is 0. The minimum atomic E-state index is -0.962. The monoisotopic (exact) mass is 156 g/mol. The van der Waals surface area contributed by atoms with Crippen molar-refractivity contribution in [3.63, 3.8) is 0 Å². The number of rotatable bonds is 1. The Balaban J connectivity index is 3.00. The number of aromatic nitrogens is 2. The standard InChI is InChI=1S/C6H8N2OS/c1-5-7-3-6(4-8-5)10(2)9/h3-4H,1-2H3. The highest BCUT2D eigenvalue weighted by Gasteiger charge is 1.95. The van der Waals surface area contributed by atoms with E-state index in [0.29, 0.717) is 10.7 Å². The normalized spacial score (nSPS) is 13.0. The summed E-state index contributed by atoms with van der Waals surface area (Å²) in [5, 5.41) is 0. The van der Waals surface area contributed by atoms with Gasteiger partial charge < -0.3 is 0 Å². The number of hydrogen-bond acceptors (Lipinski definition) is 3. The molecule has 0 saturated heterocycles. The summed E-state index contributed by atoms with van der Waals surface area (Å²) in [6.45, 7) is 1.79. The molecule has 54 valence electrons. The van der Waals surface area contributed by atoms with Gasteiger partial charge in [-0.05, 0) is 6.92 Å². The predicted molar refractivity (Wildman–Crippen MR) is 39.1 cm³/mol. The summed E-state index contributed by atoms with van der Waals surface area (Å²) in [5.74, 6) is 0.703. The summed E-state index contributed by atoms with van der Waals surface area (Å²) < 4.78 is 10.8. The van der Waals surface area contributed by atoms with E-state index in [1.165, 1.54) is 0 Å². The minimum absolute atomic E-state index is 0.672. The highest BCUT2D eigenvalue weighted by Crippen LogP contribution is 1.98. The predicted octanol–water partition coefficient (Wildman–Crippen LogP) is 0.522. The van der Waals surface area contributed by atoms with Crippen molar-refractivity contribution >= 4 is 10.8 Å². The Hall–Kier alpha value is -0.770. The third kappa shape index (κ3) is 1.60. The second-order valence-corrected chi connectivity index (χ2v) is 3.30. The first-order chi connectivity index (χ1) is 4.70. The second-order valence-electron chi connectivity index (χ2n) is 1.92. The lowest BCUT2D eigenvalue weighted by Gasteiger charge is -1.93. The molecule has 1 aromatic heterocycles. The van der Waals surface area contributed by atoms with Gasteiger partial charge in [-0.25, -0.2) is 9.97 Å². The Bertz CT molecular complexity index is 244. The Morgan fingerprint density at radius 3 is 2.30 bits per heavy atom. The fourth-order valence-corrected chi connectivity index (χ4v) is 0.931. The first-order valence-corrected chi connectivity index (χ1v) is 4.38. The fraction of sp³-hybridized carbons (Fsp3) is 0.333. The van der Waals surface area contributed by atoms with Gasteiger partial charge in [-0.15, -0.1) is 0 Å². The maximum Gasteiger partial charge on any atom is 0.125 e. The van der Waals surface area contributed by atoms with Crippen molar-refractivity contribution in [3.8, 4) is 0 Å². The van der Waals surface area contributed by atoms with Crippen LogP contribution in [0.15, 0.2) is 17.3 Å². The molecular weight excluding hydrogens is 148 g/mol. The second kappa shape index (κ2) is 2.88. The average molecular weight is 156 g/mol. The van der Waals surface area contributed by atoms with Crippen molar-refractivity contribution in [1.82, 2.24) is 9.97 Å². The molecule has 4 heteroatoms. The van der Waals surface area contributed by atoms with E-state index in [1.807, 2.05) is 0 Å². The average Bonchev–Trinajstić information content (AvgIpc) is 1.88. The molecule has 1 unspecified atom stereocenters. The fourth-order valence-electron chi connectivity index (χ4n) is 0.529. The molecule has 1 atom stereocenters. The number of aryl methyl sites for hydroxylation is 1. The van der Waals surface area contributed by atoms with Crippen molar-refractivity contribution in [2.45, 2.75) is 11.8 Å². The SMILES string of the molecule is Cc1ncc(S(C)=O)cn1. The Labute approximate surface area is 62.0 Å².